The summed E-state index contributed by atoms with van der Waals surface area (Å²) in [6.07, 6.45) is 2.51. The molecule has 0 aliphatic carbocycles. The third kappa shape index (κ3) is 4.41. The van der Waals surface area contributed by atoms with Gasteiger partial charge in [-0.05, 0) is 41.1 Å². The van der Waals surface area contributed by atoms with Crippen molar-refractivity contribution in [1.29, 1.82) is 0 Å². The van der Waals surface area contributed by atoms with Gasteiger partial charge in [0.05, 0.1) is 11.4 Å². The molecule has 0 unspecified atom stereocenters. The Morgan fingerprint density at radius 2 is 1.72 bits per heavy atom. The summed E-state index contributed by atoms with van der Waals surface area (Å²) in [5.41, 5.74) is 3.21. The first kappa shape index (κ1) is 19.4. The van der Waals surface area contributed by atoms with E-state index < -0.39 is 10.0 Å². The number of sulfonamides is 1. The van der Waals surface area contributed by atoms with Crippen LogP contribution in [0.2, 0.25) is 0 Å². The van der Waals surface area contributed by atoms with Gasteiger partial charge in [-0.25, -0.2) is 8.42 Å². The third-order valence-corrected chi connectivity index (χ3v) is 6.83. The molecule has 29 heavy (non-hydrogen) atoms. The minimum Gasteiger partial charge on any atom is -0.280 e. The number of thiophene rings is 1. The second kappa shape index (κ2) is 8.23. The highest BCUT2D eigenvalue weighted by Gasteiger charge is 2.24. The molecule has 0 spiro atoms. The third-order valence-electron chi connectivity index (χ3n) is 4.57. The molecule has 4 aromatic rings. The maximum Gasteiger partial charge on any atom is 0.265 e. The Morgan fingerprint density at radius 3 is 2.38 bits per heavy atom. The Hall–Kier alpha value is -2.90. The Bertz CT molecular complexity index is 1180. The Kier molecular flexibility index (Phi) is 5.51. The van der Waals surface area contributed by atoms with Crippen molar-refractivity contribution in [3.05, 3.63) is 89.4 Å². The minimum atomic E-state index is -3.79. The van der Waals surface area contributed by atoms with E-state index in [4.69, 9.17) is 0 Å². The van der Waals surface area contributed by atoms with Crippen molar-refractivity contribution in [3.63, 3.8) is 0 Å². The van der Waals surface area contributed by atoms with Crippen LogP contribution in [0.4, 0.5) is 5.69 Å². The highest BCUT2D eigenvalue weighted by atomic mass is 32.2. The van der Waals surface area contributed by atoms with Gasteiger partial charge in [-0.15, -0.1) is 11.3 Å². The molecule has 148 valence electrons. The predicted octanol–water partition coefficient (Wildman–Crippen LogP) is 5.02. The fraction of sp³-hybridized carbons (Fsp3) is 0.136. The van der Waals surface area contributed by atoms with Crippen LogP contribution in [-0.4, -0.2) is 18.2 Å². The molecule has 0 radical (unpaired) electrons. The molecule has 2 aromatic carbocycles. The number of hydrogen-bond acceptors (Lipinski definition) is 4. The van der Waals surface area contributed by atoms with Crippen LogP contribution >= 0.6 is 11.3 Å². The molecule has 0 aliphatic rings. The quantitative estimate of drug-likeness (QED) is 0.454. The lowest BCUT2D eigenvalue weighted by Gasteiger charge is -2.08. The molecule has 2 heterocycles. The van der Waals surface area contributed by atoms with E-state index in [0.717, 1.165) is 22.4 Å². The van der Waals surface area contributed by atoms with Crippen LogP contribution in [-0.2, 0) is 23.0 Å². The van der Waals surface area contributed by atoms with Crippen LogP contribution < -0.4 is 4.72 Å². The first-order chi connectivity index (χ1) is 14.0. The monoisotopic (exact) mass is 423 g/mol. The van der Waals surface area contributed by atoms with Gasteiger partial charge < -0.3 is 0 Å². The predicted molar refractivity (Wildman–Crippen MR) is 118 cm³/mol. The van der Waals surface area contributed by atoms with Crippen molar-refractivity contribution in [2.75, 3.05) is 4.72 Å². The highest BCUT2D eigenvalue weighted by Crippen LogP contribution is 2.31. The van der Waals surface area contributed by atoms with E-state index in [0.29, 0.717) is 17.9 Å². The zero-order chi connectivity index (χ0) is 20.3. The maximum atomic E-state index is 13.2. The number of benzene rings is 2. The number of aryl methyl sites for hydroxylation is 1. The van der Waals surface area contributed by atoms with Gasteiger partial charge in [0.2, 0.25) is 0 Å². The Morgan fingerprint density at radius 1 is 0.966 bits per heavy atom. The maximum absolute atomic E-state index is 13.2. The van der Waals surface area contributed by atoms with Gasteiger partial charge in [0.25, 0.3) is 10.0 Å². The fourth-order valence-electron chi connectivity index (χ4n) is 3.05. The van der Waals surface area contributed by atoms with Crippen LogP contribution in [0.5, 0.6) is 0 Å². The minimum absolute atomic E-state index is 0.176. The highest BCUT2D eigenvalue weighted by molar-refractivity contribution is 7.92. The van der Waals surface area contributed by atoms with E-state index in [1.807, 2.05) is 60.0 Å². The van der Waals surface area contributed by atoms with E-state index in [1.165, 1.54) is 11.3 Å². The van der Waals surface area contributed by atoms with E-state index in [2.05, 4.69) is 16.7 Å². The van der Waals surface area contributed by atoms with Crippen LogP contribution in [0.15, 0.2) is 83.2 Å². The average molecular weight is 424 g/mol. The lowest BCUT2D eigenvalue weighted by atomic mass is 10.2. The molecule has 7 heteroatoms. The van der Waals surface area contributed by atoms with Crippen molar-refractivity contribution < 1.29 is 8.42 Å². The van der Waals surface area contributed by atoms with Crippen molar-refractivity contribution >= 4 is 27.0 Å². The molecule has 4 rings (SSSR count). The van der Waals surface area contributed by atoms with Gasteiger partial charge in [-0.1, -0.05) is 55.5 Å². The average Bonchev–Trinajstić information content (AvgIpc) is 3.39. The lowest BCUT2D eigenvalue weighted by Crippen LogP contribution is -2.13. The summed E-state index contributed by atoms with van der Waals surface area (Å²) in [5.74, 6) is 0. The molecule has 2 aromatic heterocycles. The topological polar surface area (TPSA) is 64.0 Å². The summed E-state index contributed by atoms with van der Waals surface area (Å²) < 4.78 is 30.7. The first-order valence-electron chi connectivity index (χ1n) is 9.32. The van der Waals surface area contributed by atoms with Crippen molar-refractivity contribution in [2.24, 2.45) is 0 Å². The number of rotatable bonds is 7. The SMILES string of the molecule is CCc1ccc(NS(=O)(=O)c2cn(Cc3ccccc3)nc2-c2cccs2)cc1. The fourth-order valence-corrected chi connectivity index (χ4v) is 5.06. The number of hydrogen-bond donors (Lipinski definition) is 1. The van der Waals surface area contributed by atoms with Crippen LogP contribution in [0.3, 0.4) is 0 Å². The second-order valence-electron chi connectivity index (χ2n) is 6.66. The summed E-state index contributed by atoms with van der Waals surface area (Å²) in [7, 11) is -3.79. The molecule has 0 atom stereocenters. The molecule has 5 nitrogen and oxygen atoms in total. The van der Waals surface area contributed by atoms with Crippen LogP contribution in [0.25, 0.3) is 10.6 Å². The van der Waals surface area contributed by atoms with Gasteiger partial charge in [0.15, 0.2) is 0 Å². The molecular formula is C22H21N3O2S2. The first-order valence-corrected chi connectivity index (χ1v) is 11.7. The Labute approximate surface area is 174 Å². The van der Waals surface area contributed by atoms with Crippen molar-refractivity contribution in [2.45, 2.75) is 24.8 Å². The summed E-state index contributed by atoms with van der Waals surface area (Å²) in [6, 6.07) is 21.1. The van der Waals surface area contributed by atoms with Gasteiger partial charge in [-0.2, -0.15) is 5.10 Å². The van der Waals surface area contributed by atoms with E-state index >= 15 is 0 Å². The van der Waals surface area contributed by atoms with Gasteiger partial charge >= 0.3 is 0 Å². The normalized spacial score (nSPS) is 11.5. The molecule has 1 N–H and O–H groups in total. The summed E-state index contributed by atoms with van der Waals surface area (Å²) in [4.78, 5) is 0.994. The van der Waals surface area contributed by atoms with E-state index in [1.54, 1.807) is 23.0 Å². The number of aromatic nitrogens is 2. The molecule has 0 saturated heterocycles. The van der Waals surface area contributed by atoms with Crippen molar-refractivity contribution in [3.8, 4) is 10.6 Å². The largest absolute Gasteiger partial charge is 0.280 e. The smallest absolute Gasteiger partial charge is 0.265 e. The standard InChI is InChI=1S/C22H21N3O2S2/c1-2-17-10-12-19(13-11-17)24-29(26,27)21-16-25(15-18-7-4-3-5-8-18)23-22(21)20-9-6-14-28-20/h3-14,16,24H,2,15H2,1H3. The summed E-state index contributed by atoms with van der Waals surface area (Å²) >= 11 is 1.47. The van der Waals surface area contributed by atoms with E-state index in [-0.39, 0.29) is 4.90 Å². The van der Waals surface area contributed by atoms with E-state index in [9.17, 15) is 8.42 Å². The van der Waals surface area contributed by atoms with Crippen LogP contribution in [0.1, 0.15) is 18.1 Å². The molecule has 0 saturated carbocycles. The summed E-state index contributed by atoms with van der Waals surface area (Å²) in [6.45, 7) is 2.56. The number of nitrogens with one attached hydrogen (secondary N) is 1. The van der Waals surface area contributed by atoms with Gasteiger partial charge in [-0.3, -0.25) is 9.40 Å². The summed E-state index contributed by atoms with van der Waals surface area (Å²) in [5, 5.41) is 6.51. The van der Waals surface area contributed by atoms with Crippen LogP contribution in [0, 0.1) is 0 Å². The number of anilines is 1. The van der Waals surface area contributed by atoms with Gasteiger partial charge in [0.1, 0.15) is 10.6 Å². The lowest BCUT2D eigenvalue weighted by molar-refractivity contribution is 0.601. The molecular weight excluding hydrogens is 402 g/mol. The zero-order valence-electron chi connectivity index (χ0n) is 15.9. The molecule has 0 aliphatic heterocycles. The molecule has 0 fully saturated rings. The number of nitrogens with zero attached hydrogens (tertiary/aromatic N) is 2. The Balaban J connectivity index is 1.70. The molecule has 0 amide bonds. The molecule has 0 bridgehead atoms. The van der Waals surface area contributed by atoms with Crippen molar-refractivity contribution in [1.82, 2.24) is 9.78 Å². The van der Waals surface area contributed by atoms with Gasteiger partial charge in [0, 0.05) is 11.9 Å². The second-order valence-corrected chi connectivity index (χ2v) is 9.26. The zero-order valence-corrected chi connectivity index (χ0v) is 17.6.